The summed E-state index contributed by atoms with van der Waals surface area (Å²) in [5.74, 6) is -0.125. The highest BCUT2D eigenvalue weighted by molar-refractivity contribution is 5.64. The van der Waals surface area contributed by atoms with Gasteiger partial charge in [-0.2, -0.15) is 4.98 Å². The van der Waals surface area contributed by atoms with Crippen LogP contribution in [0.4, 0.5) is 32.1 Å². The monoisotopic (exact) mass is 437 g/mol. The zero-order valence-electron chi connectivity index (χ0n) is 17.6. The van der Waals surface area contributed by atoms with Gasteiger partial charge in [0.15, 0.2) is 11.6 Å². The van der Waals surface area contributed by atoms with Crippen molar-refractivity contribution in [1.29, 1.82) is 0 Å². The van der Waals surface area contributed by atoms with Crippen molar-refractivity contribution in [2.75, 3.05) is 23.9 Å². The summed E-state index contributed by atoms with van der Waals surface area (Å²) in [5, 5.41) is 7.73. The van der Waals surface area contributed by atoms with Gasteiger partial charge in [-0.1, -0.05) is 0 Å². The minimum atomic E-state index is -0.891. The van der Waals surface area contributed by atoms with Crippen LogP contribution in [0.15, 0.2) is 48.9 Å². The number of fused-ring (bicyclic) bond motifs is 1. The van der Waals surface area contributed by atoms with Crippen molar-refractivity contribution in [1.82, 2.24) is 24.3 Å². The first-order valence-corrected chi connectivity index (χ1v) is 10.2. The Bertz CT molecular complexity index is 1280. The molecule has 164 valence electrons. The first-order chi connectivity index (χ1) is 15.5. The van der Waals surface area contributed by atoms with E-state index >= 15 is 0 Å². The van der Waals surface area contributed by atoms with E-state index in [1.165, 1.54) is 12.1 Å². The molecule has 4 aromatic rings. The Labute approximate surface area is 183 Å². The number of methoxy groups -OCH3 is 1. The number of rotatable bonds is 5. The topological polar surface area (TPSA) is 73.0 Å². The van der Waals surface area contributed by atoms with Crippen LogP contribution in [0.1, 0.15) is 12.1 Å². The summed E-state index contributed by atoms with van der Waals surface area (Å²) >= 11 is 0. The molecule has 1 aliphatic rings. The van der Waals surface area contributed by atoms with Gasteiger partial charge in [0.25, 0.3) is 0 Å². The Balaban J connectivity index is 1.42. The molecule has 0 atom stereocenters. The van der Waals surface area contributed by atoms with E-state index in [0.29, 0.717) is 36.4 Å². The van der Waals surface area contributed by atoms with Crippen LogP contribution in [0, 0.1) is 18.6 Å². The van der Waals surface area contributed by atoms with Gasteiger partial charge in [-0.15, -0.1) is 5.10 Å². The first kappa shape index (κ1) is 20.0. The van der Waals surface area contributed by atoms with E-state index in [9.17, 15) is 8.78 Å². The van der Waals surface area contributed by atoms with E-state index in [1.807, 2.05) is 40.8 Å². The first-order valence-electron chi connectivity index (χ1n) is 10.2. The Morgan fingerprint density at radius 3 is 2.69 bits per heavy atom. The molecule has 0 saturated heterocycles. The van der Waals surface area contributed by atoms with Gasteiger partial charge in [0.2, 0.25) is 11.9 Å². The fourth-order valence-corrected chi connectivity index (χ4v) is 3.76. The Hall–Kier alpha value is -3.95. The van der Waals surface area contributed by atoms with Gasteiger partial charge in [0.1, 0.15) is 5.75 Å². The van der Waals surface area contributed by atoms with Gasteiger partial charge in [0.05, 0.1) is 24.8 Å². The van der Waals surface area contributed by atoms with E-state index in [-0.39, 0.29) is 0 Å². The van der Waals surface area contributed by atoms with Crippen molar-refractivity contribution in [2.24, 2.45) is 0 Å². The Kier molecular flexibility index (Phi) is 4.96. The zero-order chi connectivity index (χ0) is 22.2. The third kappa shape index (κ3) is 3.64. The molecule has 0 spiro atoms. The summed E-state index contributed by atoms with van der Waals surface area (Å²) in [7, 11) is 1.61. The summed E-state index contributed by atoms with van der Waals surface area (Å²) in [6, 6.07) is 9.52. The van der Waals surface area contributed by atoms with Crippen LogP contribution in [-0.2, 0) is 6.54 Å². The maximum Gasteiger partial charge on any atom is 0.248 e. The van der Waals surface area contributed by atoms with Crippen LogP contribution in [0.2, 0.25) is 0 Å². The highest BCUT2D eigenvalue weighted by Gasteiger charge is 2.23. The highest BCUT2D eigenvalue weighted by atomic mass is 19.2. The lowest BCUT2D eigenvalue weighted by molar-refractivity contribution is 0.413. The molecule has 8 nitrogen and oxygen atoms in total. The summed E-state index contributed by atoms with van der Waals surface area (Å²) in [6.07, 6.45) is 4.46. The molecule has 1 N–H and O–H groups in total. The second-order valence-corrected chi connectivity index (χ2v) is 7.50. The lowest BCUT2D eigenvalue weighted by atomic mass is 10.2. The van der Waals surface area contributed by atoms with Crippen molar-refractivity contribution in [3.8, 4) is 11.4 Å². The van der Waals surface area contributed by atoms with Crippen LogP contribution in [0.5, 0.6) is 5.75 Å². The van der Waals surface area contributed by atoms with Gasteiger partial charge in [-0.25, -0.2) is 18.4 Å². The minimum absolute atomic E-state index is 0.405. The molecule has 0 saturated carbocycles. The third-order valence-corrected chi connectivity index (χ3v) is 5.29. The number of nitrogens with zero attached hydrogens (tertiary/aromatic N) is 6. The molecule has 0 bridgehead atoms. The molecular formula is C22H21F2N7O. The second-order valence-electron chi connectivity index (χ2n) is 7.50. The fraction of sp³-hybridized carbons (Fsp3) is 0.227. The molecule has 32 heavy (non-hydrogen) atoms. The van der Waals surface area contributed by atoms with Crippen molar-refractivity contribution in [2.45, 2.75) is 19.9 Å². The summed E-state index contributed by atoms with van der Waals surface area (Å²) in [6.45, 7) is 3.25. The van der Waals surface area contributed by atoms with Crippen molar-refractivity contribution >= 4 is 23.3 Å². The summed E-state index contributed by atoms with van der Waals surface area (Å²) < 4.78 is 36.3. The lowest BCUT2D eigenvalue weighted by Crippen LogP contribution is -2.28. The normalized spacial score (nSPS) is 13.2. The van der Waals surface area contributed by atoms with E-state index in [0.717, 1.165) is 29.6 Å². The predicted molar refractivity (Wildman–Crippen MR) is 116 cm³/mol. The molecule has 0 unspecified atom stereocenters. The minimum Gasteiger partial charge on any atom is -0.494 e. The second kappa shape index (κ2) is 7.95. The molecule has 3 heterocycles. The number of aromatic nitrogens is 5. The van der Waals surface area contributed by atoms with Crippen LogP contribution in [0.3, 0.4) is 0 Å². The number of benzene rings is 2. The summed E-state index contributed by atoms with van der Waals surface area (Å²) in [5.41, 5.74) is 3.06. The number of anilines is 4. The maximum atomic E-state index is 13.8. The average molecular weight is 437 g/mol. The van der Waals surface area contributed by atoms with Crippen LogP contribution in [0.25, 0.3) is 5.69 Å². The molecule has 2 aromatic carbocycles. The van der Waals surface area contributed by atoms with E-state index < -0.39 is 11.6 Å². The van der Waals surface area contributed by atoms with Crippen LogP contribution >= 0.6 is 0 Å². The standard InChI is InChI=1S/C22H21F2N7O/c1-14-12-29(13-25-14)19-7-4-15(10-20(19)32-2)26-21-27-22-30(8-3-9-31(22)28-21)16-5-6-17(23)18(24)11-16/h4-7,10-13H,3,8-9H2,1-2H3,(H,26,28). The molecule has 0 aliphatic carbocycles. The predicted octanol–water partition coefficient (Wildman–Crippen LogP) is 4.34. The SMILES string of the molecule is COc1cc(Nc2nc3n(n2)CCCN3c2ccc(F)c(F)c2)ccc1-n1cnc(C)c1. The van der Waals surface area contributed by atoms with Gasteiger partial charge in [-0.05, 0) is 37.6 Å². The quantitative estimate of drug-likeness (QED) is 0.501. The lowest BCUT2D eigenvalue weighted by Gasteiger charge is -2.27. The largest absolute Gasteiger partial charge is 0.494 e. The number of aryl methyl sites for hydroxylation is 2. The molecule has 1 aliphatic heterocycles. The number of nitrogens with one attached hydrogen (secondary N) is 1. The summed E-state index contributed by atoms with van der Waals surface area (Å²) in [4.78, 5) is 10.7. The van der Waals surface area contributed by atoms with Gasteiger partial charge in [0, 0.05) is 42.8 Å². The van der Waals surface area contributed by atoms with Gasteiger partial charge in [-0.3, -0.25) is 0 Å². The van der Waals surface area contributed by atoms with E-state index in [4.69, 9.17) is 4.74 Å². The number of ether oxygens (including phenoxy) is 1. The Morgan fingerprint density at radius 2 is 1.94 bits per heavy atom. The third-order valence-electron chi connectivity index (χ3n) is 5.29. The number of halogens is 2. The number of imidazole rings is 1. The van der Waals surface area contributed by atoms with Crippen LogP contribution in [-0.4, -0.2) is 38.0 Å². The smallest absolute Gasteiger partial charge is 0.248 e. The molecule has 2 aromatic heterocycles. The van der Waals surface area contributed by atoms with Crippen molar-refractivity contribution in [3.63, 3.8) is 0 Å². The zero-order valence-corrected chi connectivity index (χ0v) is 17.6. The van der Waals surface area contributed by atoms with Gasteiger partial charge < -0.3 is 19.5 Å². The van der Waals surface area contributed by atoms with Crippen molar-refractivity contribution in [3.05, 3.63) is 66.3 Å². The maximum absolute atomic E-state index is 13.8. The molecular weight excluding hydrogens is 416 g/mol. The fourth-order valence-electron chi connectivity index (χ4n) is 3.76. The number of hydrogen-bond acceptors (Lipinski definition) is 6. The van der Waals surface area contributed by atoms with E-state index in [1.54, 1.807) is 18.1 Å². The molecule has 0 amide bonds. The van der Waals surface area contributed by atoms with Gasteiger partial charge >= 0.3 is 0 Å². The molecule has 10 heteroatoms. The highest BCUT2D eigenvalue weighted by Crippen LogP contribution is 2.32. The molecule has 0 fully saturated rings. The van der Waals surface area contributed by atoms with Crippen molar-refractivity contribution < 1.29 is 13.5 Å². The number of hydrogen-bond donors (Lipinski definition) is 1. The molecule has 5 rings (SSSR count). The average Bonchev–Trinajstić information content (AvgIpc) is 3.41. The van der Waals surface area contributed by atoms with Crippen LogP contribution < -0.4 is 15.0 Å². The molecule has 0 radical (unpaired) electrons. The van der Waals surface area contributed by atoms with E-state index in [2.05, 4.69) is 20.4 Å². The Morgan fingerprint density at radius 1 is 1.06 bits per heavy atom.